The van der Waals surface area contributed by atoms with E-state index in [9.17, 15) is 4.79 Å². The summed E-state index contributed by atoms with van der Waals surface area (Å²) in [5, 5.41) is 0. The van der Waals surface area contributed by atoms with E-state index in [1.54, 1.807) is 32.4 Å². The molecular formula is C9H11BO3. The quantitative estimate of drug-likeness (QED) is 0.497. The van der Waals surface area contributed by atoms with Gasteiger partial charge >= 0.3 is 7.12 Å². The summed E-state index contributed by atoms with van der Waals surface area (Å²) >= 11 is 0. The fourth-order valence-corrected chi connectivity index (χ4v) is 1.15. The Balaban J connectivity index is 2.92. The Bertz CT molecular complexity index is 284. The van der Waals surface area contributed by atoms with E-state index in [0.29, 0.717) is 5.56 Å². The van der Waals surface area contributed by atoms with Gasteiger partial charge in [0.1, 0.15) is 6.29 Å². The zero-order chi connectivity index (χ0) is 9.68. The number of carbonyl (C=O) groups excluding carboxylic acids is 1. The second-order valence-corrected chi connectivity index (χ2v) is 2.59. The lowest BCUT2D eigenvalue weighted by atomic mass is 9.78. The molecule has 0 heterocycles. The summed E-state index contributed by atoms with van der Waals surface area (Å²) < 4.78 is 10.1. The summed E-state index contributed by atoms with van der Waals surface area (Å²) in [6, 6.07) is 7.12. The van der Waals surface area contributed by atoms with E-state index in [1.165, 1.54) is 0 Å². The van der Waals surface area contributed by atoms with Gasteiger partial charge in [0.2, 0.25) is 0 Å². The maximum Gasteiger partial charge on any atom is 0.493 e. The van der Waals surface area contributed by atoms with Crippen LogP contribution in [0.3, 0.4) is 0 Å². The Labute approximate surface area is 77.8 Å². The molecule has 1 rings (SSSR count). The first kappa shape index (κ1) is 9.96. The molecule has 0 aliphatic heterocycles. The SMILES string of the molecule is COB(OC)c1cccc(C=O)c1. The first-order chi connectivity index (χ1) is 6.31. The molecule has 0 aromatic heterocycles. The van der Waals surface area contributed by atoms with Crippen molar-refractivity contribution in [3.05, 3.63) is 29.8 Å². The minimum absolute atomic E-state index is 0.403. The van der Waals surface area contributed by atoms with Crippen LogP contribution in [-0.2, 0) is 9.31 Å². The van der Waals surface area contributed by atoms with Crippen molar-refractivity contribution in [2.45, 2.75) is 0 Å². The molecule has 0 fully saturated rings. The van der Waals surface area contributed by atoms with Gasteiger partial charge in [-0.15, -0.1) is 0 Å². The number of carbonyl (C=O) groups is 1. The molecule has 3 nitrogen and oxygen atoms in total. The molecule has 0 unspecified atom stereocenters. The largest absolute Gasteiger partial charge is 0.493 e. The van der Waals surface area contributed by atoms with Gasteiger partial charge < -0.3 is 9.31 Å². The average molecular weight is 178 g/mol. The highest BCUT2D eigenvalue weighted by atomic mass is 16.6. The third-order valence-electron chi connectivity index (χ3n) is 1.75. The van der Waals surface area contributed by atoms with Crippen molar-refractivity contribution < 1.29 is 14.1 Å². The van der Waals surface area contributed by atoms with Crippen LogP contribution >= 0.6 is 0 Å². The predicted octanol–water partition coefficient (Wildman–Crippen LogP) is 0.487. The number of benzene rings is 1. The summed E-state index contributed by atoms with van der Waals surface area (Å²) in [4.78, 5) is 10.5. The molecule has 0 N–H and O–H groups in total. The van der Waals surface area contributed by atoms with Crippen LogP contribution in [0.4, 0.5) is 0 Å². The van der Waals surface area contributed by atoms with Crippen LogP contribution in [0.1, 0.15) is 10.4 Å². The normalized spacial score (nSPS) is 9.69. The molecule has 0 amide bonds. The Morgan fingerprint density at radius 3 is 2.54 bits per heavy atom. The number of aldehydes is 1. The maximum atomic E-state index is 10.5. The molecule has 1 aromatic carbocycles. The van der Waals surface area contributed by atoms with Crippen molar-refractivity contribution in [1.82, 2.24) is 0 Å². The molecule has 0 aliphatic rings. The minimum atomic E-state index is -0.403. The number of hydrogen-bond donors (Lipinski definition) is 0. The van der Waals surface area contributed by atoms with E-state index in [0.717, 1.165) is 11.7 Å². The molecule has 0 spiro atoms. The highest BCUT2D eigenvalue weighted by Gasteiger charge is 2.17. The predicted molar refractivity (Wildman–Crippen MR) is 51.2 cm³/mol. The average Bonchev–Trinajstić information content (AvgIpc) is 2.20. The fraction of sp³-hybridized carbons (Fsp3) is 0.222. The van der Waals surface area contributed by atoms with Crippen LogP contribution in [-0.4, -0.2) is 27.6 Å². The molecule has 0 bridgehead atoms. The van der Waals surface area contributed by atoms with Crippen molar-refractivity contribution in [1.29, 1.82) is 0 Å². The van der Waals surface area contributed by atoms with E-state index in [1.807, 2.05) is 6.07 Å². The van der Waals surface area contributed by atoms with Gasteiger partial charge in [0.25, 0.3) is 0 Å². The first-order valence-corrected chi connectivity index (χ1v) is 3.92. The summed E-state index contributed by atoms with van der Waals surface area (Å²) in [5.74, 6) is 0. The zero-order valence-electron chi connectivity index (χ0n) is 7.69. The van der Waals surface area contributed by atoms with Gasteiger partial charge in [-0.25, -0.2) is 0 Å². The van der Waals surface area contributed by atoms with E-state index in [-0.39, 0.29) is 0 Å². The summed E-state index contributed by atoms with van der Waals surface area (Å²) in [6.45, 7) is 0. The fourth-order valence-electron chi connectivity index (χ4n) is 1.15. The van der Waals surface area contributed by atoms with Gasteiger partial charge in [0, 0.05) is 19.8 Å². The Morgan fingerprint density at radius 2 is 2.00 bits per heavy atom. The highest BCUT2D eigenvalue weighted by Crippen LogP contribution is 1.95. The molecule has 0 saturated carbocycles. The molecule has 4 heteroatoms. The molecule has 1 aromatic rings. The lowest BCUT2D eigenvalue weighted by Crippen LogP contribution is -2.34. The minimum Gasteiger partial charge on any atom is -0.410 e. The third kappa shape index (κ3) is 2.40. The lowest BCUT2D eigenvalue weighted by molar-refractivity contribution is 0.112. The molecule has 0 aliphatic carbocycles. The van der Waals surface area contributed by atoms with Crippen LogP contribution in [0.25, 0.3) is 0 Å². The van der Waals surface area contributed by atoms with Gasteiger partial charge in [-0.3, -0.25) is 4.79 Å². The standard InChI is InChI=1S/C9H11BO3/c1-12-10(13-2)9-5-3-4-8(6-9)7-11/h3-7H,1-2H3. The van der Waals surface area contributed by atoms with Crippen molar-refractivity contribution >= 4 is 18.9 Å². The second kappa shape index (κ2) is 4.79. The Hall–Kier alpha value is -1.13. The van der Waals surface area contributed by atoms with Gasteiger partial charge in [-0.1, -0.05) is 24.3 Å². The van der Waals surface area contributed by atoms with Crippen LogP contribution in [0.2, 0.25) is 0 Å². The first-order valence-electron chi connectivity index (χ1n) is 3.92. The van der Waals surface area contributed by atoms with E-state index in [2.05, 4.69) is 0 Å². The Kier molecular flexibility index (Phi) is 3.67. The van der Waals surface area contributed by atoms with E-state index >= 15 is 0 Å². The van der Waals surface area contributed by atoms with Crippen molar-refractivity contribution in [3.63, 3.8) is 0 Å². The van der Waals surface area contributed by atoms with E-state index in [4.69, 9.17) is 9.31 Å². The van der Waals surface area contributed by atoms with Crippen molar-refractivity contribution in [2.75, 3.05) is 14.2 Å². The zero-order valence-corrected chi connectivity index (χ0v) is 7.69. The Morgan fingerprint density at radius 1 is 1.31 bits per heavy atom. The van der Waals surface area contributed by atoms with Crippen molar-refractivity contribution in [3.8, 4) is 0 Å². The highest BCUT2D eigenvalue weighted by molar-refractivity contribution is 6.61. The monoisotopic (exact) mass is 178 g/mol. The van der Waals surface area contributed by atoms with Crippen LogP contribution in [0.5, 0.6) is 0 Å². The van der Waals surface area contributed by atoms with Gasteiger partial charge in [-0.2, -0.15) is 0 Å². The third-order valence-corrected chi connectivity index (χ3v) is 1.75. The van der Waals surface area contributed by atoms with Gasteiger partial charge in [-0.05, 0) is 5.46 Å². The topological polar surface area (TPSA) is 35.5 Å². The molecular weight excluding hydrogens is 167 g/mol. The van der Waals surface area contributed by atoms with Crippen LogP contribution in [0.15, 0.2) is 24.3 Å². The van der Waals surface area contributed by atoms with Crippen LogP contribution < -0.4 is 5.46 Å². The summed E-state index contributed by atoms with van der Waals surface area (Å²) in [7, 11) is 2.71. The summed E-state index contributed by atoms with van der Waals surface area (Å²) in [5.41, 5.74) is 1.46. The van der Waals surface area contributed by atoms with Gasteiger partial charge in [0.15, 0.2) is 0 Å². The second-order valence-electron chi connectivity index (χ2n) is 2.59. The maximum absolute atomic E-state index is 10.5. The van der Waals surface area contributed by atoms with Crippen LogP contribution in [0, 0.1) is 0 Å². The molecule has 0 atom stereocenters. The van der Waals surface area contributed by atoms with Crippen molar-refractivity contribution in [2.24, 2.45) is 0 Å². The molecule has 13 heavy (non-hydrogen) atoms. The molecule has 0 radical (unpaired) electrons. The summed E-state index contributed by atoms with van der Waals surface area (Å²) in [6.07, 6.45) is 0.797. The lowest BCUT2D eigenvalue weighted by Gasteiger charge is -2.08. The number of hydrogen-bond acceptors (Lipinski definition) is 3. The number of rotatable bonds is 4. The van der Waals surface area contributed by atoms with E-state index < -0.39 is 7.12 Å². The molecule has 68 valence electrons. The smallest absolute Gasteiger partial charge is 0.410 e. The van der Waals surface area contributed by atoms with Gasteiger partial charge in [0.05, 0.1) is 0 Å². The molecule has 0 saturated heterocycles.